The van der Waals surface area contributed by atoms with Gasteiger partial charge < -0.3 is 5.32 Å². The smallest absolute Gasteiger partial charge is 0.216 e. The van der Waals surface area contributed by atoms with Crippen molar-refractivity contribution in [3.8, 4) is 0 Å². The van der Waals surface area contributed by atoms with E-state index in [4.69, 9.17) is 23.2 Å². The van der Waals surface area contributed by atoms with Gasteiger partial charge in [0.1, 0.15) is 0 Å². The molecule has 3 rings (SSSR count). The van der Waals surface area contributed by atoms with E-state index in [9.17, 15) is 8.42 Å². The van der Waals surface area contributed by atoms with Gasteiger partial charge in [-0.15, -0.1) is 12.4 Å². The third-order valence-corrected chi connectivity index (χ3v) is 5.75. The molecule has 0 spiro atoms. The molecule has 8 heteroatoms. The molecule has 0 bridgehead atoms. The Balaban J connectivity index is 0.00000208. The van der Waals surface area contributed by atoms with Crippen LogP contribution in [0.1, 0.15) is 22.3 Å². The van der Waals surface area contributed by atoms with Crippen LogP contribution in [0.2, 0.25) is 10.0 Å². The van der Waals surface area contributed by atoms with Gasteiger partial charge in [0.25, 0.3) is 0 Å². The van der Waals surface area contributed by atoms with E-state index < -0.39 is 10.0 Å². The molecule has 0 saturated heterocycles. The minimum Gasteiger partial charge on any atom is -0.309 e. The Morgan fingerprint density at radius 1 is 1.04 bits per heavy atom. The van der Waals surface area contributed by atoms with E-state index in [-0.39, 0.29) is 24.7 Å². The predicted molar refractivity (Wildman–Crippen MR) is 100 cm³/mol. The largest absolute Gasteiger partial charge is 0.309 e. The first-order valence-corrected chi connectivity index (χ1v) is 9.57. The zero-order chi connectivity index (χ0) is 16.4. The molecule has 0 radical (unpaired) electrons. The van der Waals surface area contributed by atoms with Gasteiger partial charge in [0.2, 0.25) is 10.0 Å². The van der Waals surface area contributed by atoms with Crippen molar-refractivity contribution in [2.45, 2.75) is 25.4 Å². The van der Waals surface area contributed by atoms with Crippen LogP contribution in [0.25, 0.3) is 0 Å². The van der Waals surface area contributed by atoms with E-state index >= 15 is 0 Å². The molecule has 0 aliphatic carbocycles. The fraction of sp³-hybridized carbons (Fsp3) is 0.250. The molecule has 24 heavy (non-hydrogen) atoms. The van der Waals surface area contributed by atoms with Crippen LogP contribution < -0.4 is 10.0 Å². The highest BCUT2D eigenvalue weighted by Gasteiger charge is 2.17. The van der Waals surface area contributed by atoms with E-state index in [1.54, 1.807) is 18.2 Å². The molecule has 0 unspecified atom stereocenters. The van der Waals surface area contributed by atoms with Crippen molar-refractivity contribution in [1.82, 2.24) is 10.0 Å². The maximum Gasteiger partial charge on any atom is 0.216 e. The SMILES string of the molecule is Cl.O=S(=O)(Cc1c(Cl)cccc1Cl)NCc1ccc2c(c1)CNC2. The number of benzene rings is 2. The molecule has 0 atom stereocenters. The molecule has 130 valence electrons. The molecule has 2 aromatic carbocycles. The highest BCUT2D eigenvalue weighted by Crippen LogP contribution is 2.26. The first kappa shape index (κ1) is 19.5. The van der Waals surface area contributed by atoms with E-state index in [2.05, 4.69) is 10.0 Å². The van der Waals surface area contributed by atoms with E-state index in [0.29, 0.717) is 15.6 Å². The van der Waals surface area contributed by atoms with Crippen LogP contribution in [0.4, 0.5) is 0 Å². The summed E-state index contributed by atoms with van der Waals surface area (Å²) < 4.78 is 27.1. The van der Waals surface area contributed by atoms with E-state index in [0.717, 1.165) is 18.7 Å². The average molecular weight is 408 g/mol. The highest BCUT2D eigenvalue weighted by atomic mass is 35.5. The Kier molecular flexibility index (Phi) is 6.53. The number of rotatable bonds is 5. The van der Waals surface area contributed by atoms with Gasteiger partial charge in [0.15, 0.2) is 0 Å². The summed E-state index contributed by atoms with van der Waals surface area (Å²) in [6.45, 7) is 1.94. The molecule has 2 N–H and O–H groups in total. The summed E-state index contributed by atoms with van der Waals surface area (Å²) in [6.07, 6.45) is 0. The zero-order valence-corrected chi connectivity index (χ0v) is 15.8. The number of nitrogens with one attached hydrogen (secondary N) is 2. The second kappa shape index (κ2) is 8.04. The highest BCUT2D eigenvalue weighted by molar-refractivity contribution is 7.88. The first-order chi connectivity index (χ1) is 10.9. The summed E-state index contributed by atoms with van der Waals surface area (Å²) in [4.78, 5) is 0. The third-order valence-electron chi connectivity index (χ3n) is 3.79. The van der Waals surface area contributed by atoms with E-state index in [1.165, 1.54) is 11.1 Å². The van der Waals surface area contributed by atoms with Gasteiger partial charge >= 0.3 is 0 Å². The predicted octanol–water partition coefficient (Wildman–Crippen LogP) is 3.64. The van der Waals surface area contributed by atoms with Crippen molar-refractivity contribution in [2.75, 3.05) is 0 Å². The van der Waals surface area contributed by atoms with Crippen LogP contribution in [0, 0.1) is 0 Å². The maximum atomic E-state index is 12.3. The van der Waals surface area contributed by atoms with Gasteiger partial charge in [0, 0.05) is 35.2 Å². The number of hydrogen-bond donors (Lipinski definition) is 2. The van der Waals surface area contributed by atoms with Crippen molar-refractivity contribution in [3.63, 3.8) is 0 Å². The van der Waals surface area contributed by atoms with Crippen LogP contribution in [-0.2, 0) is 35.4 Å². The number of sulfonamides is 1. The van der Waals surface area contributed by atoms with Crippen LogP contribution in [0.5, 0.6) is 0 Å². The van der Waals surface area contributed by atoms with E-state index in [1.807, 2.05) is 18.2 Å². The average Bonchev–Trinajstić information content (AvgIpc) is 2.97. The molecule has 0 aromatic heterocycles. The molecular formula is C16H17Cl3N2O2S. The van der Waals surface area contributed by atoms with Crippen molar-refractivity contribution in [2.24, 2.45) is 0 Å². The minimum atomic E-state index is -3.53. The standard InChI is InChI=1S/C16H16Cl2N2O2S.ClH/c17-15-2-1-3-16(18)14(15)10-23(21,22)20-7-11-4-5-12-8-19-9-13(12)6-11;/h1-6,19-20H,7-10H2;1H. The van der Waals surface area contributed by atoms with Crippen LogP contribution >= 0.6 is 35.6 Å². The summed E-state index contributed by atoms with van der Waals surface area (Å²) in [5.74, 6) is -0.238. The fourth-order valence-electron chi connectivity index (χ4n) is 2.56. The molecule has 2 aromatic rings. The Morgan fingerprint density at radius 2 is 1.71 bits per heavy atom. The quantitative estimate of drug-likeness (QED) is 0.795. The molecular weight excluding hydrogens is 391 g/mol. The van der Waals surface area contributed by atoms with Gasteiger partial charge in [-0.25, -0.2) is 13.1 Å². The van der Waals surface area contributed by atoms with Crippen molar-refractivity contribution >= 4 is 45.6 Å². The Hall–Kier alpha value is -0.820. The van der Waals surface area contributed by atoms with Crippen molar-refractivity contribution in [3.05, 3.63) is 68.7 Å². The lowest BCUT2D eigenvalue weighted by Crippen LogP contribution is -2.25. The molecule has 1 aliphatic rings. The van der Waals surface area contributed by atoms with Gasteiger partial charge in [-0.3, -0.25) is 0 Å². The Morgan fingerprint density at radius 3 is 2.42 bits per heavy atom. The van der Waals surface area contributed by atoms with Gasteiger partial charge in [-0.2, -0.15) is 0 Å². The van der Waals surface area contributed by atoms with Crippen molar-refractivity contribution < 1.29 is 8.42 Å². The fourth-order valence-corrected chi connectivity index (χ4v) is 4.43. The first-order valence-electron chi connectivity index (χ1n) is 7.16. The van der Waals surface area contributed by atoms with Crippen LogP contribution in [0.3, 0.4) is 0 Å². The molecule has 0 fully saturated rings. The van der Waals surface area contributed by atoms with Crippen molar-refractivity contribution in [1.29, 1.82) is 0 Å². The molecule has 0 amide bonds. The Bertz CT molecular complexity index is 821. The molecule has 1 heterocycles. The summed E-state index contributed by atoms with van der Waals surface area (Å²) in [5, 5.41) is 3.97. The van der Waals surface area contributed by atoms with Gasteiger partial charge in [-0.05, 0) is 28.8 Å². The summed E-state index contributed by atoms with van der Waals surface area (Å²) in [5.41, 5.74) is 3.83. The van der Waals surface area contributed by atoms with Gasteiger partial charge in [0.05, 0.1) is 5.75 Å². The molecule has 1 aliphatic heterocycles. The lowest BCUT2D eigenvalue weighted by atomic mass is 10.1. The number of hydrogen-bond acceptors (Lipinski definition) is 3. The summed E-state index contributed by atoms with van der Waals surface area (Å²) >= 11 is 12.1. The maximum absolute atomic E-state index is 12.3. The summed E-state index contributed by atoms with van der Waals surface area (Å²) in [7, 11) is -3.53. The second-order valence-electron chi connectivity index (χ2n) is 5.49. The normalized spacial score (nSPS) is 13.4. The zero-order valence-electron chi connectivity index (χ0n) is 12.7. The minimum absolute atomic E-state index is 0. The molecule has 4 nitrogen and oxygen atoms in total. The lowest BCUT2D eigenvalue weighted by molar-refractivity contribution is 0.580. The number of fused-ring (bicyclic) bond motifs is 1. The third kappa shape index (κ3) is 4.63. The molecule has 0 saturated carbocycles. The van der Waals surface area contributed by atoms with Crippen LogP contribution in [0.15, 0.2) is 36.4 Å². The van der Waals surface area contributed by atoms with Gasteiger partial charge in [-0.1, -0.05) is 47.5 Å². The van der Waals surface area contributed by atoms with Crippen LogP contribution in [-0.4, -0.2) is 8.42 Å². The second-order valence-corrected chi connectivity index (χ2v) is 8.11. The number of halogens is 3. The Labute approximate surface area is 158 Å². The summed E-state index contributed by atoms with van der Waals surface area (Å²) in [6, 6.07) is 10.9. The lowest BCUT2D eigenvalue weighted by Gasteiger charge is -2.10. The monoisotopic (exact) mass is 406 g/mol. The topological polar surface area (TPSA) is 58.2 Å².